The molecule has 0 spiro atoms. The number of aromatic nitrogens is 2. The maximum absolute atomic E-state index is 12.3. The predicted octanol–water partition coefficient (Wildman–Crippen LogP) is 3.54. The van der Waals surface area contributed by atoms with Crippen LogP contribution in [-0.4, -0.2) is 20.6 Å². The molecular weight excluding hydrogens is 352 g/mol. The van der Waals surface area contributed by atoms with E-state index in [-0.39, 0.29) is 24.0 Å². The fraction of sp³-hybridized carbons (Fsp3) is 0.222. The second kappa shape index (κ2) is 7.73. The summed E-state index contributed by atoms with van der Waals surface area (Å²) in [6.45, 7) is 4.65. The van der Waals surface area contributed by atoms with Crippen molar-refractivity contribution in [3.8, 4) is 5.75 Å². The zero-order chi connectivity index (χ0) is 19.4. The predicted molar refractivity (Wildman–Crippen MR) is 96.7 cm³/mol. The number of anilines is 1. The van der Waals surface area contributed by atoms with Gasteiger partial charge in [-0.3, -0.25) is 19.6 Å². The minimum Gasteiger partial charge on any atom is -0.486 e. The third-order valence-electron chi connectivity index (χ3n) is 3.96. The third kappa shape index (κ3) is 4.14. The van der Waals surface area contributed by atoms with Gasteiger partial charge < -0.3 is 14.5 Å². The van der Waals surface area contributed by atoms with Crippen LogP contribution in [0.4, 0.5) is 11.4 Å². The number of nitro benzene ring substituents is 1. The number of nitro groups is 1. The number of benzene rings is 1. The number of hydrogen-bond acceptors (Lipinski definition) is 6. The van der Waals surface area contributed by atoms with Crippen LogP contribution in [0.25, 0.3) is 0 Å². The molecule has 0 atom stereocenters. The van der Waals surface area contributed by atoms with E-state index < -0.39 is 4.92 Å². The molecule has 0 fully saturated rings. The summed E-state index contributed by atoms with van der Waals surface area (Å²) in [6, 6.07) is 8.92. The van der Waals surface area contributed by atoms with Gasteiger partial charge in [-0.1, -0.05) is 0 Å². The summed E-state index contributed by atoms with van der Waals surface area (Å²) >= 11 is 0. The standard InChI is InChI=1S/C18H18N4O5/c1-3-21-12(2)16(10-19-21)20-18(23)17-9-8-15(27-17)11-26-14-6-4-13(5-7-14)22(24)25/h4-10H,3,11H2,1-2H3,(H,20,23). The van der Waals surface area contributed by atoms with Gasteiger partial charge in [0.1, 0.15) is 18.1 Å². The second-order valence-corrected chi connectivity index (χ2v) is 5.72. The number of aryl methyl sites for hydroxylation is 1. The SMILES string of the molecule is CCn1ncc(NC(=O)c2ccc(COc3ccc([N+](=O)[O-])cc3)o2)c1C. The largest absolute Gasteiger partial charge is 0.486 e. The summed E-state index contributed by atoms with van der Waals surface area (Å²) in [5, 5.41) is 17.6. The van der Waals surface area contributed by atoms with E-state index in [0.29, 0.717) is 23.7 Å². The Morgan fingerprint density at radius 3 is 2.67 bits per heavy atom. The number of nitrogens with zero attached hydrogens (tertiary/aromatic N) is 3. The quantitative estimate of drug-likeness (QED) is 0.503. The molecule has 9 heteroatoms. The van der Waals surface area contributed by atoms with Crippen molar-refractivity contribution in [2.75, 3.05) is 5.32 Å². The lowest BCUT2D eigenvalue weighted by Gasteiger charge is -2.04. The number of non-ortho nitro benzene ring substituents is 1. The summed E-state index contributed by atoms with van der Waals surface area (Å²) < 4.78 is 12.8. The average Bonchev–Trinajstić information content (AvgIpc) is 3.27. The molecule has 9 nitrogen and oxygen atoms in total. The van der Waals surface area contributed by atoms with E-state index in [4.69, 9.17) is 9.15 Å². The van der Waals surface area contributed by atoms with Gasteiger partial charge in [0.05, 0.1) is 22.5 Å². The molecule has 0 unspecified atom stereocenters. The van der Waals surface area contributed by atoms with E-state index >= 15 is 0 Å². The molecule has 1 N–H and O–H groups in total. The van der Waals surface area contributed by atoms with E-state index in [1.54, 1.807) is 23.0 Å². The van der Waals surface area contributed by atoms with Gasteiger partial charge in [0, 0.05) is 18.7 Å². The van der Waals surface area contributed by atoms with Crippen molar-refractivity contribution < 1.29 is 18.9 Å². The molecule has 1 aromatic carbocycles. The Kier molecular flexibility index (Phi) is 5.20. The fourth-order valence-corrected chi connectivity index (χ4v) is 2.47. The van der Waals surface area contributed by atoms with Crippen LogP contribution >= 0.6 is 0 Å². The Hall–Kier alpha value is -3.62. The summed E-state index contributed by atoms with van der Waals surface area (Å²) in [7, 11) is 0. The molecule has 0 saturated carbocycles. The Labute approximate surface area is 154 Å². The van der Waals surface area contributed by atoms with Gasteiger partial charge >= 0.3 is 0 Å². The lowest BCUT2D eigenvalue weighted by molar-refractivity contribution is -0.384. The monoisotopic (exact) mass is 370 g/mol. The number of ether oxygens (including phenoxy) is 1. The number of furan rings is 1. The number of amides is 1. The van der Waals surface area contributed by atoms with Gasteiger partial charge in [-0.05, 0) is 38.1 Å². The van der Waals surface area contributed by atoms with E-state index in [2.05, 4.69) is 10.4 Å². The molecule has 0 aliphatic heterocycles. The van der Waals surface area contributed by atoms with Crippen molar-refractivity contribution in [1.29, 1.82) is 0 Å². The van der Waals surface area contributed by atoms with Crippen LogP contribution in [0.3, 0.4) is 0 Å². The zero-order valence-corrected chi connectivity index (χ0v) is 14.8. The Morgan fingerprint density at radius 1 is 1.30 bits per heavy atom. The number of hydrogen-bond donors (Lipinski definition) is 1. The molecule has 0 aliphatic rings. The molecule has 2 aromatic heterocycles. The van der Waals surface area contributed by atoms with Crippen LogP contribution in [0.5, 0.6) is 5.75 Å². The molecule has 3 aromatic rings. The number of carbonyl (C=O) groups excluding carboxylic acids is 1. The molecule has 1 amide bonds. The average molecular weight is 370 g/mol. The van der Waals surface area contributed by atoms with Gasteiger partial charge in [-0.15, -0.1) is 0 Å². The highest BCUT2D eigenvalue weighted by Gasteiger charge is 2.15. The van der Waals surface area contributed by atoms with Gasteiger partial charge in [0.25, 0.3) is 11.6 Å². The molecule has 140 valence electrons. The van der Waals surface area contributed by atoms with E-state index in [1.165, 1.54) is 24.3 Å². The zero-order valence-electron chi connectivity index (χ0n) is 14.8. The van der Waals surface area contributed by atoms with Crippen LogP contribution in [0.1, 0.15) is 28.9 Å². The number of carbonyl (C=O) groups is 1. The first-order valence-corrected chi connectivity index (χ1v) is 8.27. The van der Waals surface area contributed by atoms with Crippen molar-refractivity contribution in [2.24, 2.45) is 0 Å². The van der Waals surface area contributed by atoms with E-state index in [9.17, 15) is 14.9 Å². The number of nitrogens with one attached hydrogen (secondary N) is 1. The van der Waals surface area contributed by atoms with Gasteiger partial charge in [0.2, 0.25) is 0 Å². The minimum atomic E-state index is -0.479. The number of rotatable bonds is 7. The van der Waals surface area contributed by atoms with Crippen molar-refractivity contribution in [1.82, 2.24) is 9.78 Å². The molecule has 27 heavy (non-hydrogen) atoms. The Morgan fingerprint density at radius 2 is 2.04 bits per heavy atom. The summed E-state index contributed by atoms with van der Waals surface area (Å²) in [5.41, 5.74) is 1.47. The van der Waals surface area contributed by atoms with Crippen LogP contribution in [0, 0.1) is 17.0 Å². The lowest BCUT2D eigenvalue weighted by Crippen LogP contribution is -2.11. The molecule has 0 saturated heterocycles. The maximum atomic E-state index is 12.3. The van der Waals surface area contributed by atoms with Crippen LogP contribution in [-0.2, 0) is 13.2 Å². The van der Waals surface area contributed by atoms with Crippen LogP contribution in [0.2, 0.25) is 0 Å². The van der Waals surface area contributed by atoms with Crippen LogP contribution in [0.15, 0.2) is 47.0 Å². The molecule has 2 heterocycles. The van der Waals surface area contributed by atoms with Gasteiger partial charge in [0.15, 0.2) is 5.76 Å². The molecule has 0 aliphatic carbocycles. The van der Waals surface area contributed by atoms with E-state index in [0.717, 1.165) is 5.69 Å². The first-order valence-electron chi connectivity index (χ1n) is 8.27. The summed E-state index contributed by atoms with van der Waals surface area (Å²) in [5.74, 6) is 0.696. The van der Waals surface area contributed by atoms with Gasteiger partial charge in [-0.25, -0.2) is 0 Å². The smallest absolute Gasteiger partial charge is 0.291 e. The van der Waals surface area contributed by atoms with E-state index in [1.807, 2.05) is 13.8 Å². The first-order chi connectivity index (χ1) is 13.0. The minimum absolute atomic E-state index is 0.0130. The highest BCUT2D eigenvalue weighted by atomic mass is 16.6. The Balaban J connectivity index is 1.59. The lowest BCUT2D eigenvalue weighted by atomic mass is 10.3. The second-order valence-electron chi connectivity index (χ2n) is 5.72. The summed E-state index contributed by atoms with van der Waals surface area (Å²) in [6.07, 6.45) is 1.60. The maximum Gasteiger partial charge on any atom is 0.291 e. The van der Waals surface area contributed by atoms with Gasteiger partial charge in [-0.2, -0.15) is 5.10 Å². The highest BCUT2D eigenvalue weighted by molar-refractivity contribution is 6.02. The molecule has 3 rings (SSSR count). The van der Waals surface area contributed by atoms with Crippen molar-refractivity contribution >= 4 is 17.3 Å². The summed E-state index contributed by atoms with van der Waals surface area (Å²) in [4.78, 5) is 22.5. The van der Waals surface area contributed by atoms with Crippen molar-refractivity contribution in [3.63, 3.8) is 0 Å². The topological polar surface area (TPSA) is 112 Å². The Bertz CT molecular complexity index is 959. The highest BCUT2D eigenvalue weighted by Crippen LogP contribution is 2.20. The molecular formula is C18H18N4O5. The normalized spacial score (nSPS) is 10.6. The fourth-order valence-electron chi connectivity index (χ4n) is 2.47. The molecule has 0 bridgehead atoms. The molecule has 0 radical (unpaired) electrons. The third-order valence-corrected chi connectivity index (χ3v) is 3.96. The van der Waals surface area contributed by atoms with Crippen molar-refractivity contribution in [2.45, 2.75) is 27.0 Å². The van der Waals surface area contributed by atoms with Crippen LogP contribution < -0.4 is 10.1 Å². The first kappa shape index (κ1) is 18.2. The van der Waals surface area contributed by atoms with Crippen molar-refractivity contribution in [3.05, 3.63) is 69.9 Å².